The molecule has 0 amide bonds. The third kappa shape index (κ3) is 3.64. The number of hydrogen-bond donors (Lipinski definition) is 1. The molecule has 0 radical (unpaired) electrons. The Kier molecular flexibility index (Phi) is 4.37. The van der Waals surface area contributed by atoms with Gasteiger partial charge in [0.2, 0.25) is 0 Å². The van der Waals surface area contributed by atoms with Crippen molar-refractivity contribution in [3.05, 3.63) is 15.9 Å². The zero-order valence-electron chi connectivity index (χ0n) is 13.7. The van der Waals surface area contributed by atoms with Crippen LogP contribution < -0.4 is 5.32 Å². The maximum absolute atomic E-state index is 4.53. The van der Waals surface area contributed by atoms with E-state index in [4.69, 9.17) is 0 Å². The molecule has 0 aliphatic heterocycles. The van der Waals surface area contributed by atoms with Gasteiger partial charge in [-0.1, -0.05) is 6.92 Å². The van der Waals surface area contributed by atoms with E-state index in [1.807, 2.05) is 4.68 Å². The summed E-state index contributed by atoms with van der Waals surface area (Å²) in [6.07, 6.45) is 3.83. The summed E-state index contributed by atoms with van der Waals surface area (Å²) in [7, 11) is 2.05. The number of aromatic nitrogens is 2. The van der Waals surface area contributed by atoms with Crippen LogP contribution in [0, 0.1) is 18.3 Å². The Morgan fingerprint density at radius 2 is 1.90 bits per heavy atom. The molecule has 1 saturated carbocycles. The van der Waals surface area contributed by atoms with Crippen LogP contribution in [0.4, 0.5) is 0 Å². The molecule has 1 N–H and O–H groups in total. The van der Waals surface area contributed by atoms with Gasteiger partial charge in [0.25, 0.3) is 0 Å². The lowest BCUT2D eigenvalue weighted by molar-refractivity contribution is 0.223. The summed E-state index contributed by atoms with van der Waals surface area (Å²) in [6.45, 7) is 12.3. The molecular weight excluding hydrogens is 314 g/mol. The Morgan fingerprint density at radius 3 is 2.30 bits per heavy atom. The van der Waals surface area contributed by atoms with Crippen molar-refractivity contribution >= 4 is 15.9 Å². The minimum absolute atomic E-state index is 0.176. The van der Waals surface area contributed by atoms with Crippen molar-refractivity contribution < 1.29 is 0 Å². The van der Waals surface area contributed by atoms with Gasteiger partial charge in [-0.15, -0.1) is 0 Å². The zero-order chi connectivity index (χ0) is 15.1. The number of nitrogens with one attached hydrogen (secondary N) is 1. The lowest BCUT2D eigenvalue weighted by atomic mass is 9.79. The van der Waals surface area contributed by atoms with E-state index in [1.54, 1.807) is 0 Å². The van der Waals surface area contributed by atoms with Crippen LogP contribution in [0.5, 0.6) is 0 Å². The van der Waals surface area contributed by atoms with Gasteiger partial charge in [-0.25, -0.2) is 0 Å². The van der Waals surface area contributed by atoms with Crippen molar-refractivity contribution in [3.8, 4) is 0 Å². The van der Waals surface area contributed by atoms with Crippen molar-refractivity contribution in [1.82, 2.24) is 15.1 Å². The molecule has 2 rings (SSSR count). The zero-order valence-corrected chi connectivity index (χ0v) is 15.3. The highest BCUT2D eigenvalue weighted by atomic mass is 79.9. The SMILES string of the molecule is Cc1nn(C)c(CC(C)(CNC(C)(C)C)C2CC2)c1Br. The van der Waals surface area contributed by atoms with Crippen LogP contribution >= 0.6 is 15.9 Å². The summed E-state index contributed by atoms with van der Waals surface area (Å²) in [4.78, 5) is 0. The Labute approximate surface area is 131 Å². The van der Waals surface area contributed by atoms with Crippen LogP contribution in [0.2, 0.25) is 0 Å². The molecule has 0 aromatic carbocycles. The van der Waals surface area contributed by atoms with Crippen molar-refractivity contribution in [1.29, 1.82) is 0 Å². The van der Waals surface area contributed by atoms with Crippen LogP contribution in [-0.4, -0.2) is 21.9 Å². The van der Waals surface area contributed by atoms with Gasteiger partial charge in [0.1, 0.15) is 0 Å². The third-order valence-electron chi connectivity index (χ3n) is 4.42. The molecule has 20 heavy (non-hydrogen) atoms. The average Bonchev–Trinajstić information content (AvgIpc) is 3.12. The first-order valence-electron chi connectivity index (χ1n) is 7.55. The molecule has 1 unspecified atom stereocenters. The lowest BCUT2D eigenvalue weighted by Crippen LogP contribution is -2.44. The Balaban J connectivity index is 2.16. The summed E-state index contributed by atoms with van der Waals surface area (Å²) in [5.41, 5.74) is 2.91. The van der Waals surface area contributed by atoms with Crippen LogP contribution in [-0.2, 0) is 13.5 Å². The molecule has 114 valence electrons. The minimum atomic E-state index is 0.176. The Bertz CT molecular complexity index is 483. The molecule has 1 atom stereocenters. The third-order valence-corrected chi connectivity index (χ3v) is 5.45. The summed E-state index contributed by atoms with van der Waals surface area (Å²) in [5, 5.41) is 8.24. The fraction of sp³-hybridized carbons (Fsp3) is 0.812. The first-order chi connectivity index (χ1) is 9.12. The van der Waals surface area contributed by atoms with Crippen molar-refractivity contribution in [2.24, 2.45) is 18.4 Å². The van der Waals surface area contributed by atoms with Crippen LogP contribution in [0.25, 0.3) is 0 Å². The standard InChI is InChI=1S/C16H28BrN3/c1-11-14(17)13(20(6)19-11)9-16(5,12-7-8-12)10-18-15(2,3)4/h12,18H,7-10H2,1-6H3. The summed E-state index contributed by atoms with van der Waals surface area (Å²) in [6, 6.07) is 0. The predicted molar refractivity (Wildman–Crippen MR) is 87.9 cm³/mol. The molecule has 3 nitrogen and oxygen atoms in total. The first kappa shape index (κ1) is 16.0. The molecule has 1 aromatic heterocycles. The van der Waals surface area contributed by atoms with Gasteiger partial charge in [-0.2, -0.15) is 5.10 Å². The van der Waals surface area contributed by atoms with E-state index in [9.17, 15) is 0 Å². The molecule has 1 heterocycles. The van der Waals surface area contributed by atoms with Crippen LogP contribution in [0.1, 0.15) is 51.9 Å². The first-order valence-corrected chi connectivity index (χ1v) is 8.35. The molecular formula is C16H28BrN3. The van der Waals surface area contributed by atoms with Crippen molar-refractivity contribution in [2.75, 3.05) is 6.54 Å². The molecule has 1 aromatic rings. The number of halogens is 1. The summed E-state index contributed by atoms with van der Waals surface area (Å²) in [5.74, 6) is 0.847. The molecule has 1 fully saturated rings. The van der Waals surface area contributed by atoms with E-state index in [0.717, 1.165) is 24.6 Å². The van der Waals surface area contributed by atoms with Crippen LogP contribution in [0.15, 0.2) is 4.47 Å². The molecule has 0 bridgehead atoms. The highest BCUT2D eigenvalue weighted by Crippen LogP contribution is 2.48. The largest absolute Gasteiger partial charge is 0.312 e. The molecule has 0 spiro atoms. The van der Waals surface area contributed by atoms with Gasteiger partial charge in [0.15, 0.2) is 0 Å². The molecule has 1 aliphatic carbocycles. The minimum Gasteiger partial charge on any atom is -0.312 e. The Morgan fingerprint density at radius 1 is 1.30 bits per heavy atom. The quantitative estimate of drug-likeness (QED) is 0.881. The van der Waals surface area contributed by atoms with E-state index in [0.29, 0.717) is 5.41 Å². The van der Waals surface area contributed by atoms with Gasteiger partial charge in [0.05, 0.1) is 15.9 Å². The van der Waals surface area contributed by atoms with Gasteiger partial charge in [-0.05, 0) is 74.2 Å². The van der Waals surface area contributed by atoms with E-state index in [2.05, 4.69) is 68.0 Å². The number of hydrogen-bond acceptors (Lipinski definition) is 2. The number of aryl methyl sites for hydroxylation is 2. The molecule has 4 heteroatoms. The maximum atomic E-state index is 4.53. The normalized spacial score (nSPS) is 19.1. The fourth-order valence-corrected chi connectivity index (χ4v) is 3.33. The van der Waals surface area contributed by atoms with E-state index >= 15 is 0 Å². The van der Waals surface area contributed by atoms with Crippen LogP contribution in [0.3, 0.4) is 0 Å². The second-order valence-electron chi connectivity index (χ2n) is 7.68. The fourth-order valence-electron chi connectivity index (χ4n) is 2.85. The summed E-state index contributed by atoms with van der Waals surface area (Å²) < 4.78 is 3.22. The predicted octanol–water partition coefficient (Wildman–Crippen LogP) is 3.84. The monoisotopic (exact) mass is 341 g/mol. The lowest BCUT2D eigenvalue weighted by Gasteiger charge is -2.34. The van der Waals surface area contributed by atoms with E-state index in [1.165, 1.54) is 23.0 Å². The van der Waals surface area contributed by atoms with Gasteiger partial charge < -0.3 is 5.32 Å². The van der Waals surface area contributed by atoms with Gasteiger partial charge in [0, 0.05) is 19.1 Å². The van der Waals surface area contributed by atoms with Gasteiger partial charge >= 0.3 is 0 Å². The topological polar surface area (TPSA) is 29.9 Å². The van der Waals surface area contributed by atoms with Gasteiger partial charge in [-0.3, -0.25) is 4.68 Å². The van der Waals surface area contributed by atoms with Crippen molar-refractivity contribution in [3.63, 3.8) is 0 Å². The van der Waals surface area contributed by atoms with Crippen molar-refractivity contribution in [2.45, 2.75) is 59.4 Å². The second-order valence-corrected chi connectivity index (χ2v) is 8.47. The number of nitrogens with zero attached hydrogens (tertiary/aromatic N) is 2. The maximum Gasteiger partial charge on any atom is 0.0738 e. The van der Waals surface area contributed by atoms with E-state index in [-0.39, 0.29) is 5.54 Å². The van der Waals surface area contributed by atoms with E-state index < -0.39 is 0 Å². The number of rotatable bonds is 5. The molecule has 1 aliphatic rings. The average molecular weight is 342 g/mol. The highest BCUT2D eigenvalue weighted by molar-refractivity contribution is 9.10. The Hall–Kier alpha value is -0.350. The smallest absolute Gasteiger partial charge is 0.0738 e. The second kappa shape index (κ2) is 5.45. The molecule has 0 saturated heterocycles. The summed E-state index contributed by atoms with van der Waals surface area (Å²) >= 11 is 3.71. The highest BCUT2D eigenvalue weighted by Gasteiger charge is 2.42.